The van der Waals surface area contributed by atoms with Crippen molar-refractivity contribution in [2.24, 2.45) is 0 Å². The molecule has 1 aliphatic rings. The van der Waals surface area contributed by atoms with Crippen LogP contribution in [0.4, 0.5) is 0 Å². The topological polar surface area (TPSA) is 50.8 Å². The molecule has 1 amide bonds. The highest BCUT2D eigenvalue weighted by Crippen LogP contribution is 2.34. The van der Waals surface area contributed by atoms with Gasteiger partial charge in [-0.15, -0.1) is 0 Å². The first-order valence-corrected chi connectivity index (χ1v) is 8.46. The van der Waals surface area contributed by atoms with Gasteiger partial charge in [0.1, 0.15) is 12.3 Å². The molecular formula is C16H17IN2O3S. The van der Waals surface area contributed by atoms with Gasteiger partial charge in [-0.2, -0.15) is 0 Å². The zero-order valence-corrected chi connectivity index (χ0v) is 15.9. The fourth-order valence-corrected chi connectivity index (χ4v) is 3.23. The number of likely N-dealkylation sites (N-methyl/N-ethyl adjacent to an activating group) is 1. The van der Waals surface area contributed by atoms with Gasteiger partial charge >= 0.3 is 0 Å². The Morgan fingerprint density at radius 1 is 1.48 bits per heavy atom. The van der Waals surface area contributed by atoms with Crippen molar-refractivity contribution in [3.8, 4) is 11.5 Å². The number of amides is 1. The first-order chi connectivity index (χ1) is 11.0. The van der Waals surface area contributed by atoms with Gasteiger partial charge in [-0.1, -0.05) is 12.7 Å². The van der Waals surface area contributed by atoms with Crippen LogP contribution in [0.1, 0.15) is 12.5 Å². The van der Waals surface area contributed by atoms with Crippen molar-refractivity contribution in [3.05, 3.63) is 39.6 Å². The lowest BCUT2D eigenvalue weighted by Crippen LogP contribution is -2.30. The summed E-state index contributed by atoms with van der Waals surface area (Å²) in [6, 6.07) is 3.74. The molecular weight excluding hydrogens is 427 g/mol. The quantitative estimate of drug-likeness (QED) is 0.317. The zero-order valence-electron chi connectivity index (χ0n) is 12.9. The number of carbonyl (C=O) groups is 1. The maximum Gasteiger partial charge on any atom is 0.276 e. The van der Waals surface area contributed by atoms with E-state index in [0.717, 1.165) is 9.13 Å². The molecule has 1 aromatic rings. The molecule has 0 spiro atoms. The van der Waals surface area contributed by atoms with Crippen LogP contribution in [0.25, 0.3) is 6.08 Å². The summed E-state index contributed by atoms with van der Waals surface area (Å²) in [5.74, 6) is 1.14. The Bertz CT molecular complexity index is 688. The van der Waals surface area contributed by atoms with Gasteiger partial charge in [-0.25, -0.2) is 0 Å². The van der Waals surface area contributed by atoms with E-state index in [1.165, 1.54) is 4.90 Å². The zero-order chi connectivity index (χ0) is 17.0. The van der Waals surface area contributed by atoms with Crippen LogP contribution in [0.5, 0.6) is 11.5 Å². The van der Waals surface area contributed by atoms with E-state index in [1.807, 2.05) is 19.1 Å². The van der Waals surface area contributed by atoms with E-state index in [9.17, 15) is 4.79 Å². The molecule has 0 aliphatic carbocycles. The number of hydrogen-bond donors (Lipinski definition) is 1. The van der Waals surface area contributed by atoms with Gasteiger partial charge in [0.2, 0.25) is 0 Å². The van der Waals surface area contributed by atoms with E-state index >= 15 is 0 Å². The van der Waals surface area contributed by atoms with E-state index < -0.39 is 0 Å². The van der Waals surface area contributed by atoms with Gasteiger partial charge in [0, 0.05) is 6.54 Å². The third-order valence-electron chi connectivity index (χ3n) is 3.19. The molecule has 1 fully saturated rings. The lowest BCUT2D eigenvalue weighted by Gasteiger charge is -2.12. The predicted octanol–water partition coefficient (Wildman–Crippen LogP) is 2.94. The fraction of sp³-hybridized carbons (Fsp3) is 0.250. The second kappa shape index (κ2) is 7.78. The van der Waals surface area contributed by atoms with Crippen molar-refractivity contribution in [2.75, 3.05) is 20.3 Å². The molecule has 0 atom stereocenters. The summed E-state index contributed by atoms with van der Waals surface area (Å²) in [5.41, 5.74) is 1.28. The van der Waals surface area contributed by atoms with E-state index in [2.05, 4.69) is 34.5 Å². The molecule has 7 heteroatoms. The Labute approximate surface area is 154 Å². The highest BCUT2D eigenvalue weighted by atomic mass is 127. The summed E-state index contributed by atoms with van der Waals surface area (Å²) in [5, 5.41) is 3.37. The normalized spacial score (nSPS) is 15.8. The number of methoxy groups -OCH3 is 1. The molecule has 1 heterocycles. The number of thiocarbonyl (C=S) groups is 1. The molecule has 2 rings (SSSR count). The molecule has 0 bridgehead atoms. The summed E-state index contributed by atoms with van der Waals surface area (Å²) in [7, 11) is 1.58. The monoisotopic (exact) mass is 444 g/mol. The average molecular weight is 444 g/mol. The molecule has 0 unspecified atom stereocenters. The van der Waals surface area contributed by atoms with Crippen LogP contribution in [-0.2, 0) is 4.79 Å². The molecule has 0 saturated carbocycles. The molecule has 1 aliphatic heterocycles. The molecule has 5 nitrogen and oxygen atoms in total. The molecule has 0 aromatic heterocycles. The summed E-state index contributed by atoms with van der Waals surface area (Å²) >= 11 is 7.32. The van der Waals surface area contributed by atoms with Crippen molar-refractivity contribution in [1.29, 1.82) is 0 Å². The van der Waals surface area contributed by atoms with Crippen LogP contribution in [0.15, 0.2) is 30.5 Å². The minimum Gasteiger partial charge on any atom is -0.493 e. The van der Waals surface area contributed by atoms with E-state index in [4.69, 9.17) is 21.7 Å². The van der Waals surface area contributed by atoms with Gasteiger partial charge in [0.05, 0.1) is 10.7 Å². The van der Waals surface area contributed by atoms with Gasteiger partial charge in [-0.05, 0) is 65.5 Å². The van der Waals surface area contributed by atoms with Crippen LogP contribution in [-0.4, -0.2) is 36.2 Å². The summed E-state index contributed by atoms with van der Waals surface area (Å²) in [4.78, 5) is 13.8. The number of halogens is 1. The number of ether oxygens (including phenoxy) is 2. The van der Waals surface area contributed by atoms with Crippen molar-refractivity contribution in [3.63, 3.8) is 0 Å². The standard InChI is InChI=1S/C16H17IN2O3S/c1-4-6-22-14-11(17)7-10(9-13(14)21-3)8-12-15(20)19(5-2)16(23)18-12/h4,7-9H,1,5-6H2,2-3H3,(H,18,23)/b12-8+. The van der Waals surface area contributed by atoms with E-state index in [1.54, 1.807) is 19.3 Å². The fourth-order valence-electron chi connectivity index (χ4n) is 2.13. The minimum atomic E-state index is -0.126. The lowest BCUT2D eigenvalue weighted by molar-refractivity contribution is -0.122. The number of nitrogens with zero attached hydrogens (tertiary/aromatic N) is 1. The van der Waals surface area contributed by atoms with Crippen molar-refractivity contribution in [2.45, 2.75) is 6.92 Å². The number of rotatable bonds is 6. The van der Waals surface area contributed by atoms with E-state index in [-0.39, 0.29) is 5.91 Å². The van der Waals surface area contributed by atoms with Crippen LogP contribution < -0.4 is 14.8 Å². The highest BCUT2D eigenvalue weighted by molar-refractivity contribution is 14.1. The van der Waals surface area contributed by atoms with Gasteiger partial charge in [0.15, 0.2) is 16.6 Å². The van der Waals surface area contributed by atoms with Gasteiger partial charge < -0.3 is 14.8 Å². The summed E-state index contributed by atoms with van der Waals surface area (Å²) < 4.78 is 11.9. The van der Waals surface area contributed by atoms with Gasteiger partial charge in [-0.3, -0.25) is 9.69 Å². The number of carbonyl (C=O) groups excluding carboxylic acids is 1. The third-order valence-corrected chi connectivity index (χ3v) is 4.31. The number of hydrogen-bond acceptors (Lipinski definition) is 4. The first kappa shape index (κ1) is 17.7. The maximum atomic E-state index is 12.2. The maximum absolute atomic E-state index is 12.2. The Morgan fingerprint density at radius 3 is 2.78 bits per heavy atom. The Balaban J connectivity index is 2.36. The second-order valence-corrected chi connectivity index (χ2v) is 6.22. The smallest absolute Gasteiger partial charge is 0.276 e. The average Bonchev–Trinajstić information content (AvgIpc) is 2.79. The Morgan fingerprint density at radius 2 is 2.22 bits per heavy atom. The number of benzene rings is 1. The minimum absolute atomic E-state index is 0.126. The largest absolute Gasteiger partial charge is 0.493 e. The van der Waals surface area contributed by atoms with Crippen LogP contribution >= 0.6 is 34.8 Å². The first-order valence-electron chi connectivity index (χ1n) is 6.97. The van der Waals surface area contributed by atoms with Crippen LogP contribution in [0, 0.1) is 3.57 Å². The molecule has 1 saturated heterocycles. The van der Waals surface area contributed by atoms with Crippen LogP contribution in [0.2, 0.25) is 0 Å². The molecule has 1 aromatic carbocycles. The van der Waals surface area contributed by atoms with Crippen molar-refractivity contribution >= 4 is 51.9 Å². The Kier molecular flexibility index (Phi) is 6.00. The molecule has 23 heavy (non-hydrogen) atoms. The van der Waals surface area contributed by atoms with Crippen LogP contribution in [0.3, 0.4) is 0 Å². The predicted molar refractivity (Wildman–Crippen MR) is 103 cm³/mol. The SMILES string of the molecule is C=CCOc1c(I)cc(/C=C2/NC(=S)N(CC)C2=O)cc1OC. The second-order valence-electron chi connectivity index (χ2n) is 4.67. The highest BCUT2D eigenvalue weighted by Gasteiger charge is 2.29. The summed E-state index contributed by atoms with van der Waals surface area (Å²) in [6.07, 6.45) is 3.43. The molecule has 122 valence electrons. The molecule has 1 N–H and O–H groups in total. The van der Waals surface area contributed by atoms with Crippen molar-refractivity contribution < 1.29 is 14.3 Å². The third kappa shape index (κ3) is 3.84. The van der Waals surface area contributed by atoms with E-state index in [0.29, 0.717) is 35.5 Å². The summed E-state index contributed by atoms with van der Waals surface area (Å²) in [6.45, 7) is 6.45. The van der Waals surface area contributed by atoms with Gasteiger partial charge in [0.25, 0.3) is 5.91 Å². The lowest BCUT2D eigenvalue weighted by atomic mass is 10.1. The number of nitrogens with one attached hydrogen (secondary N) is 1. The molecule has 0 radical (unpaired) electrons. The Hall–Kier alpha value is -1.61. The van der Waals surface area contributed by atoms with Crippen molar-refractivity contribution in [1.82, 2.24) is 10.2 Å².